The van der Waals surface area contributed by atoms with Gasteiger partial charge in [-0.15, -0.1) is 16.7 Å². The molecule has 0 aromatic carbocycles. The van der Waals surface area contributed by atoms with Crippen LogP contribution in [0.1, 0.15) is 33.1 Å². The largest absolute Gasteiger partial charge is 0.407 e. The summed E-state index contributed by atoms with van der Waals surface area (Å²) in [5.74, 6) is 0.703. The van der Waals surface area contributed by atoms with Crippen LogP contribution in [-0.2, 0) is 5.88 Å². The van der Waals surface area contributed by atoms with Gasteiger partial charge in [0.2, 0.25) is 5.89 Å². The van der Waals surface area contributed by atoms with Gasteiger partial charge in [-0.05, 0) is 11.8 Å². The zero-order valence-electron chi connectivity index (χ0n) is 8.80. The van der Waals surface area contributed by atoms with Gasteiger partial charge >= 0.3 is 6.01 Å². The summed E-state index contributed by atoms with van der Waals surface area (Å²) in [6.45, 7) is 7.32. The molecule has 1 aromatic rings. The van der Waals surface area contributed by atoms with E-state index in [1.165, 1.54) is 0 Å². The minimum atomic E-state index is 0.232. The number of aromatic nitrogens is 2. The predicted molar refractivity (Wildman–Crippen MR) is 56.4 cm³/mol. The molecule has 0 aliphatic carbocycles. The molecule has 0 amide bonds. The summed E-state index contributed by atoms with van der Waals surface area (Å²) in [6.07, 6.45) is 1.09. The fourth-order valence-corrected chi connectivity index (χ4v) is 0.927. The van der Waals surface area contributed by atoms with Crippen LogP contribution >= 0.6 is 11.6 Å². The summed E-state index contributed by atoms with van der Waals surface area (Å²) in [5, 5.41) is 10.7. The van der Waals surface area contributed by atoms with E-state index < -0.39 is 0 Å². The van der Waals surface area contributed by atoms with Crippen molar-refractivity contribution >= 4 is 17.6 Å². The lowest BCUT2D eigenvalue weighted by Gasteiger charge is -2.21. The molecule has 1 aromatic heterocycles. The predicted octanol–water partition coefficient (Wildman–Crippen LogP) is 2.66. The highest BCUT2D eigenvalue weighted by molar-refractivity contribution is 6.16. The number of alkyl halides is 1. The van der Waals surface area contributed by atoms with Gasteiger partial charge in [-0.2, -0.15) is 0 Å². The summed E-state index contributed by atoms with van der Waals surface area (Å²) >= 11 is 5.53. The first-order chi connectivity index (χ1) is 6.57. The smallest absolute Gasteiger partial charge is 0.315 e. The van der Waals surface area contributed by atoms with E-state index in [4.69, 9.17) is 16.0 Å². The van der Waals surface area contributed by atoms with E-state index in [2.05, 4.69) is 36.3 Å². The van der Waals surface area contributed by atoms with E-state index in [1.807, 2.05) is 0 Å². The Hall–Kier alpha value is -0.770. The van der Waals surface area contributed by atoms with Crippen LogP contribution < -0.4 is 5.32 Å². The van der Waals surface area contributed by atoms with Crippen LogP contribution in [0.2, 0.25) is 0 Å². The van der Waals surface area contributed by atoms with Crippen LogP contribution in [0.15, 0.2) is 4.42 Å². The van der Waals surface area contributed by atoms with Crippen LogP contribution in [0.25, 0.3) is 0 Å². The first-order valence-corrected chi connectivity index (χ1v) is 5.23. The van der Waals surface area contributed by atoms with Crippen molar-refractivity contribution in [1.29, 1.82) is 0 Å². The average Bonchev–Trinajstić information content (AvgIpc) is 2.63. The maximum atomic E-state index is 5.53. The Morgan fingerprint density at radius 3 is 2.64 bits per heavy atom. The Morgan fingerprint density at radius 2 is 2.14 bits per heavy atom. The molecule has 1 N–H and O–H groups in total. The molecular formula is C9H16ClN3O. The normalized spacial score (nSPS) is 11.7. The van der Waals surface area contributed by atoms with Crippen molar-refractivity contribution in [2.24, 2.45) is 5.41 Å². The lowest BCUT2D eigenvalue weighted by Crippen LogP contribution is -2.22. The second-order valence-electron chi connectivity index (χ2n) is 4.01. The quantitative estimate of drug-likeness (QED) is 0.771. The van der Waals surface area contributed by atoms with Gasteiger partial charge in [0, 0.05) is 6.54 Å². The van der Waals surface area contributed by atoms with Crippen molar-refractivity contribution in [3.8, 4) is 0 Å². The highest BCUT2D eigenvalue weighted by atomic mass is 35.5. The molecule has 5 heteroatoms. The minimum absolute atomic E-state index is 0.232. The Balaban J connectivity index is 2.45. The number of hydrogen-bond donors (Lipinski definition) is 1. The van der Waals surface area contributed by atoms with Gasteiger partial charge in [0.1, 0.15) is 5.88 Å². The first kappa shape index (κ1) is 11.3. The molecule has 0 bridgehead atoms. The third kappa shape index (κ3) is 3.18. The monoisotopic (exact) mass is 217 g/mol. The van der Waals surface area contributed by atoms with Crippen molar-refractivity contribution < 1.29 is 4.42 Å². The molecule has 0 spiro atoms. The number of nitrogens with zero attached hydrogens (tertiary/aromatic N) is 2. The molecule has 0 radical (unpaired) electrons. The van der Waals surface area contributed by atoms with Crippen molar-refractivity contribution in [2.45, 2.75) is 33.1 Å². The Bertz CT molecular complexity index is 285. The Labute approximate surface area is 89.0 Å². The molecule has 0 aliphatic heterocycles. The molecule has 0 saturated carbocycles. The van der Waals surface area contributed by atoms with Crippen molar-refractivity contribution in [1.82, 2.24) is 10.2 Å². The van der Waals surface area contributed by atoms with Crippen molar-refractivity contribution in [2.75, 3.05) is 11.9 Å². The molecule has 1 heterocycles. The number of halogens is 1. The maximum absolute atomic E-state index is 5.53. The van der Waals surface area contributed by atoms with E-state index in [1.54, 1.807) is 0 Å². The lowest BCUT2D eigenvalue weighted by molar-refractivity contribution is 0.371. The van der Waals surface area contributed by atoms with Crippen molar-refractivity contribution in [3.63, 3.8) is 0 Å². The summed E-state index contributed by atoms with van der Waals surface area (Å²) in [6, 6.07) is 0.446. The maximum Gasteiger partial charge on any atom is 0.315 e. The van der Waals surface area contributed by atoms with Crippen LogP contribution in [0.5, 0.6) is 0 Å². The SMILES string of the molecule is CCC(C)(C)CNc1nnc(CCl)o1. The zero-order valence-corrected chi connectivity index (χ0v) is 9.56. The summed E-state index contributed by atoms with van der Waals surface area (Å²) in [7, 11) is 0. The summed E-state index contributed by atoms with van der Waals surface area (Å²) < 4.78 is 5.21. The van der Waals surface area contributed by atoms with Gasteiger partial charge in [0.25, 0.3) is 0 Å². The lowest BCUT2D eigenvalue weighted by atomic mass is 9.90. The minimum Gasteiger partial charge on any atom is -0.407 e. The van der Waals surface area contributed by atoms with Crippen LogP contribution in [0.4, 0.5) is 6.01 Å². The third-order valence-electron chi connectivity index (χ3n) is 2.26. The molecule has 1 rings (SSSR count). The first-order valence-electron chi connectivity index (χ1n) is 4.69. The standard InChI is InChI=1S/C9H16ClN3O/c1-4-9(2,3)6-11-8-13-12-7(5-10)14-8/h4-6H2,1-3H3,(H,11,13). The van der Waals surface area contributed by atoms with Gasteiger partial charge in [-0.1, -0.05) is 25.9 Å². The second-order valence-corrected chi connectivity index (χ2v) is 4.27. The van der Waals surface area contributed by atoms with Gasteiger partial charge < -0.3 is 9.73 Å². The molecule has 0 atom stereocenters. The van der Waals surface area contributed by atoms with Gasteiger partial charge in [0.15, 0.2) is 0 Å². The van der Waals surface area contributed by atoms with E-state index in [0.29, 0.717) is 11.9 Å². The zero-order chi connectivity index (χ0) is 10.6. The van der Waals surface area contributed by atoms with Crippen LogP contribution in [0.3, 0.4) is 0 Å². The fraction of sp³-hybridized carbons (Fsp3) is 0.778. The average molecular weight is 218 g/mol. The third-order valence-corrected chi connectivity index (χ3v) is 2.49. The Kier molecular flexibility index (Phi) is 3.75. The highest BCUT2D eigenvalue weighted by Crippen LogP contribution is 2.20. The number of anilines is 1. The topological polar surface area (TPSA) is 51.0 Å². The molecule has 0 saturated heterocycles. The second kappa shape index (κ2) is 4.64. The number of rotatable bonds is 5. The fourth-order valence-electron chi connectivity index (χ4n) is 0.819. The molecular weight excluding hydrogens is 202 g/mol. The molecule has 0 unspecified atom stereocenters. The van der Waals surface area contributed by atoms with E-state index >= 15 is 0 Å². The molecule has 80 valence electrons. The summed E-state index contributed by atoms with van der Waals surface area (Å²) in [4.78, 5) is 0. The summed E-state index contributed by atoms with van der Waals surface area (Å²) in [5.41, 5.74) is 0.232. The molecule has 4 nitrogen and oxygen atoms in total. The van der Waals surface area contributed by atoms with Gasteiger partial charge in [-0.3, -0.25) is 0 Å². The van der Waals surface area contributed by atoms with Crippen LogP contribution in [-0.4, -0.2) is 16.7 Å². The number of hydrogen-bond acceptors (Lipinski definition) is 4. The molecule has 0 fully saturated rings. The van der Waals surface area contributed by atoms with Crippen molar-refractivity contribution in [3.05, 3.63) is 5.89 Å². The van der Waals surface area contributed by atoms with Gasteiger partial charge in [0.05, 0.1) is 0 Å². The van der Waals surface area contributed by atoms with E-state index in [0.717, 1.165) is 13.0 Å². The Morgan fingerprint density at radius 1 is 1.43 bits per heavy atom. The van der Waals surface area contributed by atoms with Gasteiger partial charge in [-0.25, -0.2) is 0 Å². The van der Waals surface area contributed by atoms with E-state index in [9.17, 15) is 0 Å². The molecule has 0 aliphatic rings. The van der Waals surface area contributed by atoms with E-state index in [-0.39, 0.29) is 11.3 Å². The highest BCUT2D eigenvalue weighted by Gasteiger charge is 2.15. The number of nitrogens with one attached hydrogen (secondary N) is 1. The molecule has 14 heavy (non-hydrogen) atoms. The van der Waals surface area contributed by atoms with Crippen LogP contribution in [0, 0.1) is 5.41 Å².